The number of hydrogen-bond acceptors (Lipinski definition) is 9. The SMILES string of the molecule is O=C(Cn1c2c(c(=O)n3nc(C4=CCOCC4)nc13)[C@]1(CC2)CCN(C(O)c2ncccc2O)[C@H]2CC[C@H]21)Nc1ccc(C(F)(F)F)cc1Cl. The van der Waals surface area contributed by atoms with Gasteiger partial charge in [0.15, 0.2) is 12.1 Å². The highest BCUT2D eigenvalue weighted by Gasteiger charge is 2.58. The lowest BCUT2D eigenvalue weighted by Crippen LogP contribution is -2.62. The molecule has 50 heavy (non-hydrogen) atoms. The van der Waals surface area contributed by atoms with Gasteiger partial charge in [0.25, 0.3) is 5.56 Å². The van der Waals surface area contributed by atoms with Crippen molar-refractivity contribution >= 4 is 34.5 Å². The predicted molar refractivity (Wildman–Crippen MR) is 174 cm³/mol. The quantitative estimate of drug-likeness (QED) is 0.264. The summed E-state index contributed by atoms with van der Waals surface area (Å²) in [5.74, 6) is -0.101. The highest BCUT2D eigenvalue weighted by atomic mass is 35.5. The minimum atomic E-state index is -4.59. The number of aliphatic hydroxyl groups excluding tert-OH is 1. The van der Waals surface area contributed by atoms with Crippen LogP contribution >= 0.6 is 11.6 Å². The fourth-order valence-electron chi connectivity index (χ4n) is 8.38. The number of likely N-dealkylation sites (tertiary alicyclic amines) is 1. The van der Waals surface area contributed by atoms with Gasteiger partial charge in [0, 0.05) is 35.5 Å². The van der Waals surface area contributed by atoms with Crippen molar-refractivity contribution < 1.29 is 32.9 Å². The zero-order valence-electron chi connectivity index (χ0n) is 26.7. The molecule has 4 aromatic rings. The highest BCUT2D eigenvalue weighted by Crippen LogP contribution is 2.57. The van der Waals surface area contributed by atoms with Gasteiger partial charge in [-0.1, -0.05) is 17.7 Å². The molecule has 12 nitrogen and oxygen atoms in total. The Hall–Kier alpha value is -4.31. The van der Waals surface area contributed by atoms with Crippen molar-refractivity contribution in [2.24, 2.45) is 5.92 Å². The molecule has 2 fully saturated rings. The first-order chi connectivity index (χ1) is 24.0. The summed E-state index contributed by atoms with van der Waals surface area (Å²) in [6.45, 7) is 1.01. The second kappa shape index (κ2) is 12.2. The summed E-state index contributed by atoms with van der Waals surface area (Å²) in [7, 11) is 0. The molecular weight excluding hydrogens is 679 g/mol. The largest absolute Gasteiger partial charge is 0.506 e. The molecule has 4 aliphatic rings. The van der Waals surface area contributed by atoms with E-state index in [0.29, 0.717) is 62.5 Å². The number of halogens is 4. The van der Waals surface area contributed by atoms with Crippen molar-refractivity contribution in [1.82, 2.24) is 29.0 Å². The lowest BCUT2D eigenvalue weighted by atomic mass is 9.56. The zero-order chi connectivity index (χ0) is 34.9. The molecule has 3 aromatic heterocycles. The number of amides is 1. The van der Waals surface area contributed by atoms with E-state index < -0.39 is 29.3 Å². The van der Waals surface area contributed by atoms with Crippen molar-refractivity contribution in [3.05, 3.63) is 86.3 Å². The average molecular weight is 712 g/mol. The second-order valence-corrected chi connectivity index (χ2v) is 13.7. The van der Waals surface area contributed by atoms with Crippen LogP contribution in [0.1, 0.15) is 66.7 Å². The molecule has 1 amide bonds. The topological polar surface area (TPSA) is 147 Å². The maximum Gasteiger partial charge on any atom is 0.416 e. The molecule has 1 saturated carbocycles. The summed E-state index contributed by atoms with van der Waals surface area (Å²) >= 11 is 6.15. The Morgan fingerprint density at radius 1 is 1.20 bits per heavy atom. The van der Waals surface area contributed by atoms with Crippen LogP contribution in [0.5, 0.6) is 5.75 Å². The number of pyridine rings is 1. The van der Waals surface area contributed by atoms with Gasteiger partial charge in [0.1, 0.15) is 18.0 Å². The van der Waals surface area contributed by atoms with Gasteiger partial charge in [0.05, 0.1) is 29.5 Å². The fraction of sp³-hybridized carbons (Fsp3) is 0.441. The number of rotatable bonds is 6. The molecule has 1 unspecified atom stereocenters. The molecule has 262 valence electrons. The Labute approximate surface area is 288 Å². The van der Waals surface area contributed by atoms with Crippen LogP contribution in [0, 0.1) is 5.92 Å². The van der Waals surface area contributed by atoms with Gasteiger partial charge < -0.3 is 24.8 Å². The number of nitrogens with one attached hydrogen (secondary N) is 1. The maximum absolute atomic E-state index is 14.5. The third kappa shape index (κ3) is 5.29. The van der Waals surface area contributed by atoms with Gasteiger partial charge in [-0.2, -0.15) is 22.7 Å². The minimum absolute atomic E-state index is 0.0116. The number of carbonyl (C=O) groups is 1. The van der Waals surface area contributed by atoms with Gasteiger partial charge in [0.2, 0.25) is 11.7 Å². The Morgan fingerprint density at radius 3 is 2.74 bits per heavy atom. The number of fused-ring (bicyclic) bond motifs is 5. The number of ether oxygens (including phenoxy) is 1. The molecule has 1 aromatic carbocycles. The number of alkyl halides is 3. The maximum atomic E-state index is 14.5. The zero-order valence-corrected chi connectivity index (χ0v) is 27.4. The highest BCUT2D eigenvalue weighted by molar-refractivity contribution is 6.33. The normalized spacial score (nSPS) is 24.1. The Kier molecular flexibility index (Phi) is 8.01. The van der Waals surface area contributed by atoms with E-state index in [4.69, 9.17) is 21.3 Å². The first-order valence-corrected chi connectivity index (χ1v) is 16.9. The molecule has 4 atom stereocenters. The summed E-state index contributed by atoms with van der Waals surface area (Å²) in [5, 5.41) is 28.7. The standard InChI is InChI=1S/C34H33ClF3N7O5/c35-21-16-19(34(36,37)38)3-5-22(21)40-26(47)17-44-24-7-10-33(27(24)30(48)45-32(44)41-29(42-45)18-8-14-50-15-9-18)11-13-43(23-6-4-20(23)33)31(49)28-25(46)2-1-12-39-28/h1-3,5,8,12,16,20,23,31,46,49H,4,6-7,9-11,13-15,17H2,(H,40,47)/t20-,23+,31?,33-/m1/s1. The number of hydrogen-bond donors (Lipinski definition) is 3. The van der Waals surface area contributed by atoms with Crippen LogP contribution in [0.4, 0.5) is 18.9 Å². The lowest BCUT2D eigenvalue weighted by molar-refractivity contribution is -0.137. The number of aromatic nitrogens is 5. The molecule has 8 rings (SSSR count). The molecular formula is C34H33ClF3N7O5. The van der Waals surface area contributed by atoms with Gasteiger partial charge in [-0.05, 0) is 80.3 Å². The summed E-state index contributed by atoms with van der Waals surface area (Å²) in [6, 6.07) is 5.73. The van der Waals surface area contributed by atoms with E-state index in [9.17, 15) is 33.0 Å². The van der Waals surface area contributed by atoms with Crippen LogP contribution in [0.25, 0.3) is 11.4 Å². The first-order valence-electron chi connectivity index (χ1n) is 16.5. The van der Waals surface area contributed by atoms with Crippen molar-refractivity contribution in [2.75, 3.05) is 25.1 Å². The Morgan fingerprint density at radius 2 is 2.04 bits per heavy atom. The number of piperidine rings is 1. The number of nitrogens with zero attached hydrogens (tertiary/aromatic N) is 6. The third-order valence-corrected chi connectivity index (χ3v) is 11.2. The van der Waals surface area contributed by atoms with Crippen LogP contribution in [0.2, 0.25) is 5.02 Å². The number of aliphatic hydroxyl groups is 1. The second-order valence-electron chi connectivity index (χ2n) is 13.3. The predicted octanol–water partition coefficient (Wildman–Crippen LogP) is 4.47. The molecule has 3 N–H and O–H groups in total. The Balaban J connectivity index is 1.18. The first kappa shape index (κ1) is 32.9. The van der Waals surface area contributed by atoms with E-state index in [1.807, 2.05) is 11.0 Å². The van der Waals surface area contributed by atoms with Gasteiger partial charge in [-0.15, -0.1) is 5.10 Å². The molecule has 2 aliphatic carbocycles. The van der Waals surface area contributed by atoms with E-state index in [1.54, 1.807) is 10.6 Å². The molecule has 2 aliphatic heterocycles. The van der Waals surface area contributed by atoms with Crippen molar-refractivity contribution in [1.29, 1.82) is 0 Å². The molecule has 0 bridgehead atoms. The van der Waals surface area contributed by atoms with Gasteiger partial charge >= 0.3 is 6.18 Å². The van der Waals surface area contributed by atoms with E-state index in [-0.39, 0.29) is 52.0 Å². The van der Waals surface area contributed by atoms with E-state index >= 15 is 0 Å². The summed E-state index contributed by atoms with van der Waals surface area (Å²) in [4.78, 5) is 39.0. The van der Waals surface area contributed by atoms with Crippen LogP contribution in [0.15, 0.2) is 47.4 Å². The summed E-state index contributed by atoms with van der Waals surface area (Å²) in [6.07, 6.45) is 1.52. The van der Waals surface area contributed by atoms with Crippen LogP contribution in [-0.2, 0) is 34.1 Å². The molecule has 0 radical (unpaired) electrons. The van der Waals surface area contributed by atoms with Crippen molar-refractivity contribution in [3.8, 4) is 5.75 Å². The molecule has 16 heteroatoms. The van der Waals surface area contributed by atoms with Crippen LogP contribution in [-0.4, -0.2) is 71.0 Å². The Bertz CT molecular complexity index is 2120. The van der Waals surface area contributed by atoms with E-state index in [1.165, 1.54) is 16.8 Å². The van der Waals surface area contributed by atoms with Crippen molar-refractivity contribution in [3.63, 3.8) is 0 Å². The average Bonchev–Trinajstić information content (AvgIpc) is 3.68. The number of aromatic hydroxyl groups is 1. The van der Waals surface area contributed by atoms with E-state index in [2.05, 4.69) is 15.4 Å². The van der Waals surface area contributed by atoms with E-state index in [0.717, 1.165) is 36.6 Å². The molecule has 1 saturated heterocycles. The lowest BCUT2D eigenvalue weighted by Gasteiger charge is -2.58. The smallest absolute Gasteiger partial charge is 0.416 e. The van der Waals surface area contributed by atoms with Crippen LogP contribution in [0.3, 0.4) is 0 Å². The third-order valence-electron chi connectivity index (χ3n) is 10.8. The number of benzene rings is 1. The minimum Gasteiger partial charge on any atom is -0.506 e. The molecule has 1 spiro atoms. The number of anilines is 1. The van der Waals surface area contributed by atoms with Gasteiger partial charge in [-0.3, -0.25) is 19.5 Å². The van der Waals surface area contributed by atoms with Crippen LogP contribution < -0.4 is 10.9 Å². The monoisotopic (exact) mass is 711 g/mol. The fourth-order valence-corrected chi connectivity index (χ4v) is 8.61. The summed E-state index contributed by atoms with van der Waals surface area (Å²) < 4.78 is 48.1. The van der Waals surface area contributed by atoms with Crippen molar-refractivity contribution in [2.45, 2.75) is 68.9 Å². The number of carbonyl (C=O) groups excluding carboxylic acids is 1. The van der Waals surface area contributed by atoms with Gasteiger partial charge in [-0.25, -0.2) is 0 Å². The molecule has 5 heterocycles. The summed E-state index contributed by atoms with van der Waals surface area (Å²) in [5.41, 5.74) is 0.474.